The maximum absolute atomic E-state index is 14.1. The fraction of sp³-hybridized carbons (Fsp3) is 0.345. The lowest BCUT2D eigenvalue weighted by Gasteiger charge is -2.56. The molecule has 204 valence electrons. The lowest BCUT2D eigenvalue weighted by atomic mass is 9.50. The zero-order chi connectivity index (χ0) is 28.6. The first-order valence-electron chi connectivity index (χ1n) is 12.5. The number of ketones is 2. The first-order chi connectivity index (χ1) is 18.3. The Morgan fingerprint density at radius 3 is 2.26 bits per heavy atom. The molecule has 0 saturated carbocycles. The van der Waals surface area contributed by atoms with E-state index in [1.807, 2.05) is 0 Å². The molecule has 0 saturated heterocycles. The molecule has 3 aliphatic rings. The van der Waals surface area contributed by atoms with E-state index in [1.165, 1.54) is 36.9 Å². The number of ether oxygens (including phenoxy) is 1. The monoisotopic (exact) mass is 534 g/mol. The lowest BCUT2D eigenvalue weighted by molar-refractivity contribution is -0.151. The van der Waals surface area contributed by atoms with E-state index in [-0.39, 0.29) is 34.0 Å². The Labute approximate surface area is 224 Å². The number of carbonyl (C=O) groups is 3. The van der Waals surface area contributed by atoms with Crippen LogP contribution in [0.4, 0.5) is 0 Å². The van der Waals surface area contributed by atoms with Crippen molar-refractivity contribution in [3.05, 3.63) is 82.3 Å². The minimum atomic E-state index is -1.91. The van der Waals surface area contributed by atoms with Gasteiger partial charge < -0.3 is 30.9 Å². The number of phenols is 1. The number of amides is 1. The number of Topliss-reactive ketones (excluding diaryl/α,β-unsaturated/α-hetero) is 2. The molecule has 2 aromatic carbocycles. The summed E-state index contributed by atoms with van der Waals surface area (Å²) in [7, 11) is 3.19. The van der Waals surface area contributed by atoms with E-state index in [0.29, 0.717) is 0 Å². The van der Waals surface area contributed by atoms with Gasteiger partial charge in [-0.1, -0.05) is 30.3 Å². The number of aromatic hydroxyl groups is 1. The minimum absolute atomic E-state index is 0.101. The molecule has 0 fully saturated rings. The van der Waals surface area contributed by atoms with Gasteiger partial charge in [0.15, 0.2) is 11.6 Å². The van der Waals surface area contributed by atoms with E-state index < -0.39 is 63.8 Å². The van der Waals surface area contributed by atoms with E-state index in [1.54, 1.807) is 44.4 Å². The number of carbonyl (C=O) groups excluding carboxylic acids is 3. The van der Waals surface area contributed by atoms with Crippen molar-refractivity contribution in [2.75, 3.05) is 14.1 Å². The average molecular weight is 535 g/mol. The second-order valence-electron chi connectivity index (χ2n) is 10.9. The number of primary amides is 1. The molecule has 0 aromatic heterocycles. The fourth-order valence-corrected chi connectivity index (χ4v) is 6.67. The van der Waals surface area contributed by atoms with Gasteiger partial charge >= 0.3 is 0 Å². The number of nitrogens with two attached hydrogens (primary N) is 1. The van der Waals surface area contributed by atoms with Gasteiger partial charge in [0.25, 0.3) is 5.91 Å². The van der Waals surface area contributed by atoms with E-state index in [9.17, 15) is 34.8 Å². The summed E-state index contributed by atoms with van der Waals surface area (Å²) in [5.41, 5.74) is 0.804. The van der Waals surface area contributed by atoms with Gasteiger partial charge in [0.05, 0.1) is 34.6 Å². The molecule has 6 atom stereocenters. The quantitative estimate of drug-likeness (QED) is 0.365. The maximum Gasteiger partial charge on any atom is 0.255 e. The van der Waals surface area contributed by atoms with Crippen LogP contribution in [-0.2, 0) is 15.2 Å². The van der Waals surface area contributed by atoms with Crippen molar-refractivity contribution in [2.45, 2.75) is 31.6 Å². The van der Waals surface area contributed by atoms with Crippen LogP contribution in [0.1, 0.15) is 29.8 Å². The largest absolute Gasteiger partial charge is 0.510 e. The Morgan fingerprint density at radius 1 is 1.03 bits per heavy atom. The maximum atomic E-state index is 14.1. The van der Waals surface area contributed by atoms with Crippen LogP contribution in [0.2, 0.25) is 0 Å². The van der Waals surface area contributed by atoms with Gasteiger partial charge in [0.1, 0.15) is 28.6 Å². The molecule has 0 heterocycles. The van der Waals surface area contributed by atoms with Gasteiger partial charge in [-0.15, -0.1) is 0 Å². The van der Waals surface area contributed by atoms with Crippen molar-refractivity contribution in [3.8, 4) is 11.5 Å². The molecule has 0 aliphatic heterocycles. The predicted octanol–water partition coefficient (Wildman–Crippen LogP) is 1.55. The van der Waals surface area contributed by atoms with Crippen molar-refractivity contribution in [1.29, 1.82) is 0 Å². The molecule has 0 bridgehead atoms. The van der Waals surface area contributed by atoms with Gasteiger partial charge in [-0.2, -0.15) is 0 Å². The lowest BCUT2D eigenvalue weighted by Crippen LogP contribution is -2.66. The molecule has 1 amide bonds. The van der Waals surface area contributed by atoms with E-state index >= 15 is 0 Å². The Balaban J connectivity index is 1.92. The second kappa shape index (κ2) is 8.77. The Morgan fingerprint density at radius 2 is 1.67 bits per heavy atom. The third-order valence-electron chi connectivity index (χ3n) is 8.41. The van der Waals surface area contributed by atoms with Crippen LogP contribution in [0.15, 0.2) is 71.2 Å². The van der Waals surface area contributed by atoms with Crippen LogP contribution < -0.4 is 10.5 Å². The zero-order valence-corrected chi connectivity index (χ0v) is 21.9. The highest BCUT2D eigenvalue weighted by molar-refractivity contribution is 6.23. The molecule has 0 spiro atoms. The smallest absolute Gasteiger partial charge is 0.255 e. The number of fused-ring (bicyclic) bond motifs is 3. The number of benzene rings is 2. The third-order valence-corrected chi connectivity index (χ3v) is 8.41. The molecule has 6 unspecified atom stereocenters. The molecular weight excluding hydrogens is 504 g/mol. The summed E-state index contributed by atoms with van der Waals surface area (Å²) in [6.07, 6.45) is -1.59. The number of hydrogen-bond donors (Lipinski definition) is 5. The third kappa shape index (κ3) is 3.48. The highest BCUT2D eigenvalue weighted by Gasteiger charge is 2.68. The Kier molecular flexibility index (Phi) is 5.98. The van der Waals surface area contributed by atoms with Crippen LogP contribution >= 0.6 is 0 Å². The minimum Gasteiger partial charge on any atom is -0.510 e. The van der Waals surface area contributed by atoms with Crippen molar-refractivity contribution in [2.24, 2.45) is 23.0 Å². The second-order valence-corrected chi connectivity index (χ2v) is 10.9. The van der Waals surface area contributed by atoms with Gasteiger partial charge in [-0.25, -0.2) is 0 Å². The summed E-state index contributed by atoms with van der Waals surface area (Å²) in [6, 6.07) is 11.5. The summed E-state index contributed by atoms with van der Waals surface area (Å²) < 4.78 is 6.29. The standard InChI is InChI=1S/C29H30N2O8/c1-28-20(21(31(3)4)23(34)18(25(28)36)27(30)37)24(35)19-17(26(28)39-13-9-6-5-7-10-13)22(33)16-14(29(19,2)38)11-8-12-15(16)32/h5-12,19-21,24,32,34-35,38H,1-4H3,(H2,30,37). The van der Waals surface area contributed by atoms with Gasteiger partial charge in [0, 0.05) is 11.5 Å². The fourth-order valence-electron chi connectivity index (χ4n) is 6.67. The van der Waals surface area contributed by atoms with Crippen LogP contribution in [0.3, 0.4) is 0 Å². The number of nitrogens with zero attached hydrogens (tertiary/aromatic N) is 1. The summed E-state index contributed by atoms with van der Waals surface area (Å²) in [6.45, 7) is 2.84. The zero-order valence-electron chi connectivity index (χ0n) is 21.9. The number of aliphatic hydroxyl groups excluding tert-OH is 2. The normalized spacial score (nSPS) is 32.1. The number of para-hydroxylation sites is 1. The molecular formula is C29H30N2O8. The number of aliphatic hydroxyl groups is 3. The highest BCUT2D eigenvalue weighted by atomic mass is 16.5. The van der Waals surface area contributed by atoms with Crippen molar-refractivity contribution < 1.29 is 39.5 Å². The first-order valence-corrected chi connectivity index (χ1v) is 12.5. The van der Waals surface area contributed by atoms with Crippen molar-refractivity contribution in [3.63, 3.8) is 0 Å². The molecule has 3 aliphatic carbocycles. The van der Waals surface area contributed by atoms with Crippen molar-refractivity contribution >= 4 is 17.5 Å². The molecule has 39 heavy (non-hydrogen) atoms. The molecule has 2 aromatic rings. The predicted molar refractivity (Wildman–Crippen MR) is 139 cm³/mol. The molecule has 10 nitrogen and oxygen atoms in total. The Hall–Kier alpha value is -3.99. The molecule has 10 heteroatoms. The molecule has 5 rings (SSSR count). The summed E-state index contributed by atoms with van der Waals surface area (Å²) >= 11 is 0. The summed E-state index contributed by atoms with van der Waals surface area (Å²) in [4.78, 5) is 42.2. The van der Waals surface area contributed by atoms with E-state index in [4.69, 9.17) is 10.5 Å². The van der Waals surface area contributed by atoms with Crippen molar-refractivity contribution in [1.82, 2.24) is 4.90 Å². The average Bonchev–Trinajstić information content (AvgIpc) is 2.86. The summed E-state index contributed by atoms with van der Waals surface area (Å²) in [5.74, 6) is -6.30. The highest BCUT2D eigenvalue weighted by Crippen LogP contribution is 2.60. The van der Waals surface area contributed by atoms with Crippen LogP contribution in [0, 0.1) is 17.3 Å². The van der Waals surface area contributed by atoms with Gasteiger partial charge in [-0.05, 0) is 51.7 Å². The first kappa shape index (κ1) is 26.6. The van der Waals surface area contributed by atoms with E-state index in [2.05, 4.69) is 0 Å². The van der Waals surface area contributed by atoms with Crippen LogP contribution in [0.5, 0.6) is 11.5 Å². The molecule has 0 radical (unpaired) electrons. The molecule has 6 N–H and O–H groups in total. The number of likely N-dealkylation sites (N-methyl/N-ethyl adjacent to an activating group) is 1. The Bertz CT molecular complexity index is 1480. The number of phenolic OH excluding ortho intramolecular Hbond substituents is 1. The SMILES string of the molecule is CN(C)C1C(O)=C(C(N)=O)C(=O)C2(C)C(Oc3ccccc3)=C3C(=O)c4c(O)cccc4C(C)(O)C3C(O)C12. The number of allylic oxidation sites excluding steroid dienone is 1. The number of rotatable bonds is 4. The topological polar surface area (TPSA) is 171 Å². The van der Waals surface area contributed by atoms with E-state index in [0.717, 1.165) is 0 Å². The van der Waals surface area contributed by atoms with Crippen LogP contribution in [0.25, 0.3) is 0 Å². The van der Waals surface area contributed by atoms with Gasteiger partial charge in [0.2, 0.25) is 0 Å². The van der Waals surface area contributed by atoms with Crippen LogP contribution in [-0.4, -0.2) is 69.0 Å². The van der Waals surface area contributed by atoms with Gasteiger partial charge in [-0.3, -0.25) is 19.3 Å². The number of hydrogen-bond acceptors (Lipinski definition) is 9. The summed E-state index contributed by atoms with van der Waals surface area (Å²) in [5, 5.41) is 45.7.